The van der Waals surface area contributed by atoms with Crippen molar-refractivity contribution in [2.45, 2.75) is 44.4 Å². The highest BCUT2D eigenvalue weighted by atomic mass is 35.5. The molecular weight excluding hydrogens is 547 g/mol. The molecule has 2 saturated heterocycles. The Morgan fingerprint density at radius 2 is 2.08 bits per heavy atom. The fourth-order valence-electron chi connectivity index (χ4n) is 5.47. The van der Waals surface area contributed by atoms with Gasteiger partial charge in [0.1, 0.15) is 11.9 Å². The van der Waals surface area contributed by atoms with E-state index in [4.69, 9.17) is 11.6 Å². The summed E-state index contributed by atoms with van der Waals surface area (Å²) in [7, 11) is 0. The number of fused-ring (bicyclic) bond motifs is 1. The third-order valence-corrected chi connectivity index (χ3v) is 8.59. The number of amides is 2. The standard InChI is InChI=1S/C26H30ClFN6O4S/c1-26(2,3)34-12-17-18(13-35)32(8-9-33(17)25(34)38)11-16-19(24(36)37)21(14-5-4-6-15(28)20(14)27)31-22(30-16)23-29-7-10-39-23/h4-7,10,17-18,21,35H,8-9,11-13H2,1-3H3,(H,30,31)(H,36,37)/t17-,18-,21+/m1/s1. The Balaban J connectivity index is 1.53. The van der Waals surface area contributed by atoms with Crippen molar-refractivity contribution in [2.24, 2.45) is 4.99 Å². The van der Waals surface area contributed by atoms with Gasteiger partial charge in [0.2, 0.25) is 0 Å². The molecule has 10 nitrogen and oxygen atoms in total. The number of aliphatic hydroxyl groups excluding tert-OH is 1. The molecule has 2 amide bonds. The number of urea groups is 1. The van der Waals surface area contributed by atoms with E-state index >= 15 is 0 Å². The van der Waals surface area contributed by atoms with Gasteiger partial charge in [-0.3, -0.25) is 9.89 Å². The fourth-order valence-corrected chi connectivity index (χ4v) is 6.29. The quantitative estimate of drug-likeness (QED) is 0.483. The van der Waals surface area contributed by atoms with E-state index in [0.717, 1.165) is 0 Å². The zero-order valence-corrected chi connectivity index (χ0v) is 23.3. The first-order valence-corrected chi connectivity index (χ1v) is 13.8. The molecule has 39 heavy (non-hydrogen) atoms. The molecule has 3 atom stereocenters. The highest BCUT2D eigenvalue weighted by molar-refractivity contribution is 7.11. The number of piperazine rings is 1. The monoisotopic (exact) mass is 576 g/mol. The van der Waals surface area contributed by atoms with Gasteiger partial charge in [-0.1, -0.05) is 23.7 Å². The van der Waals surface area contributed by atoms with E-state index in [9.17, 15) is 24.2 Å². The van der Waals surface area contributed by atoms with E-state index < -0.39 is 23.9 Å². The van der Waals surface area contributed by atoms with Gasteiger partial charge in [-0.15, -0.1) is 11.3 Å². The van der Waals surface area contributed by atoms with Crippen molar-refractivity contribution in [2.75, 3.05) is 32.8 Å². The van der Waals surface area contributed by atoms with Crippen molar-refractivity contribution >= 4 is 40.8 Å². The Morgan fingerprint density at radius 3 is 2.72 bits per heavy atom. The number of carbonyl (C=O) groups is 2. The summed E-state index contributed by atoms with van der Waals surface area (Å²) in [6.45, 7) is 7.17. The van der Waals surface area contributed by atoms with E-state index in [0.29, 0.717) is 36.2 Å². The molecule has 0 aliphatic carbocycles. The lowest BCUT2D eigenvalue weighted by molar-refractivity contribution is -0.133. The van der Waals surface area contributed by atoms with Crippen LogP contribution in [0.3, 0.4) is 0 Å². The summed E-state index contributed by atoms with van der Waals surface area (Å²) in [5.41, 5.74) is 0.130. The maximum Gasteiger partial charge on any atom is 0.335 e. The van der Waals surface area contributed by atoms with E-state index in [2.05, 4.69) is 15.3 Å². The number of carboxylic acid groups (broad SMARTS) is 1. The minimum Gasteiger partial charge on any atom is -0.478 e. The molecule has 0 radical (unpaired) electrons. The molecule has 13 heteroatoms. The van der Waals surface area contributed by atoms with Crippen molar-refractivity contribution in [1.82, 2.24) is 25.0 Å². The molecular formula is C26H30ClFN6O4S. The molecule has 2 aromatic rings. The van der Waals surface area contributed by atoms with Crippen LogP contribution in [0.1, 0.15) is 37.4 Å². The minimum atomic E-state index is -1.22. The van der Waals surface area contributed by atoms with Gasteiger partial charge in [-0.2, -0.15) is 0 Å². The molecule has 5 rings (SSSR count). The zero-order valence-electron chi connectivity index (χ0n) is 21.8. The number of hydrogen-bond donors (Lipinski definition) is 3. The lowest BCUT2D eigenvalue weighted by Gasteiger charge is -2.43. The Morgan fingerprint density at radius 1 is 1.31 bits per heavy atom. The number of halogens is 2. The number of nitrogens with zero attached hydrogens (tertiary/aromatic N) is 5. The molecule has 0 saturated carbocycles. The molecule has 1 aromatic heterocycles. The van der Waals surface area contributed by atoms with Crippen molar-refractivity contribution in [3.63, 3.8) is 0 Å². The van der Waals surface area contributed by atoms with Crippen molar-refractivity contribution in [3.05, 3.63) is 62.5 Å². The molecule has 1 aromatic carbocycles. The van der Waals surface area contributed by atoms with Gasteiger partial charge in [0, 0.05) is 54.6 Å². The Bertz CT molecular complexity index is 1340. The first kappa shape index (κ1) is 27.5. The van der Waals surface area contributed by atoms with E-state index in [1.807, 2.05) is 25.7 Å². The number of hydrogen-bond acceptors (Lipinski definition) is 8. The lowest BCUT2D eigenvalue weighted by atomic mass is 9.94. The second kappa shape index (κ2) is 10.5. The molecule has 3 aliphatic rings. The maximum absolute atomic E-state index is 14.4. The summed E-state index contributed by atoms with van der Waals surface area (Å²) >= 11 is 7.63. The van der Waals surface area contributed by atoms with Crippen molar-refractivity contribution in [1.29, 1.82) is 0 Å². The van der Waals surface area contributed by atoms with Crippen LogP contribution < -0.4 is 5.32 Å². The average molecular weight is 577 g/mol. The van der Waals surface area contributed by atoms with Crippen molar-refractivity contribution in [3.8, 4) is 0 Å². The number of amidine groups is 1. The number of thiazole rings is 1. The second-order valence-corrected chi connectivity index (χ2v) is 12.0. The van der Waals surface area contributed by atoms with Crippen LogP contribution in [0.4, 0.5) is 9.18 Å². The number of nitrogens with one attached hydrogen (secondary N) is 1. The van der Waals surface area contributed by atoms with Crippen LogP contribution in [0.5, 0.6) is 0 Å². The minimum absolute atomic E-state index is 0.0640. The number of benzene rings is 1. The third-order valence-electron chi connectivity index (χ3n) is 7.41. The average Bonchev–Trinajstić information content (AvgIpc) is 3.53. The number of aromatic nitrogens is 1. The molecule has 0 spiro atoms. The maximum atomic E-state index is 14.4. The van der Waals surface area contributed by atoms with Gasteiger partial charge in [0.05, 0.1) is 29.3 Å². The predicted octanol–water partition coefficient (Wildman–Crippen LogP) is 2.95. The number of rotatable bonds is 6. The smallest absolute Gasteiger partial charge is 0.335 e. The Labute approximate surface area is 234 Å². The number of aliphatic hydroxyl groups is 1. The van der Waals surface area contributed by atoms with Crippen LogP contribution in [-0.4, -0.2) is 98.1 Å². The van der Waals surface area contributed by atoms with Gasteiger partial charge >= 0.3 is 12.0 Å². The van der Waals surface area contributed by atoms with Crippen LogP contribution in [-0.2, 0) is 4.79 Å². The molecule has 3 aliphatic heterocycles. The number of aliphatic imine (C=N–C) groups is 1. The summed E-state index contributed by atoms with van der Waals surface area (Å²) in [5, 5.41) is 26.1. The normalized spacial score (nSPS) is 24.1. The SMILES string of the molecule is CC(C)(C)N1C[C@@H]2[C@@H](CO)N(CC3=C(C(=O)O)[C@H](c4cccc(F)c4Cl)N=C(c4nccs4)N3)CCN2C1=O. The van der Waals surface area contributed by atoms with Gasteiger partial charge in [0.15, 0.2) is 10.8 Å². The number of carbonyl (C=O) groups excluding carboxylic acids is 1. The van der Waals surface area contributed by atoms with Crippen molar-refractivity contribution < 1.29 is 24.2 Å². The predicted molar refractivity (Wildman–Crippen MR) is 145 cm³/mol. The first-order chi connectivity index (χ1) is 18.5. The van der Waals surface area contributed by atoms with E-state index in [1.54, 1.807) is 27.4 Å². The van der Waals surface area contributed by atoms with Gasteiger partial charge in [0.25, 0.3) is 0 Å². The summed E-state index contributed by atoms with van der Waals surface area (Å²) in [5.74, 6) is -1.54. The fraction of sp³-hybridized carbons (Fsp3) is 0.462. The second-order valence-electron chi connectivity index (χ2n) is 10.7. The van der Waals surface area contributed by atoms with E-state index in [1.165, 1.54) is 23.5 Å². The first-order valence-electron chi connectivity index (χ1n) is 12.6. The number of carboxylic acids is 1. The largest absolute Gasteiger partial charge is 0.478 e. The molecule has 3 N–H and O–H groups in total. The van der Waals surface area contributed by atoms with Crippen LogP contribution in [0.25, 0.3) is 0 Å². The van der Waals surface area contributed by atoms with Gasteiger partial charge in [-0.05, 0) is 26.8 Å². The van der Waals surface area contributed by atoms with Crippen LogP contribution in [0, 0.1) is 5.82 Å². The zero-order chi connectivity index (χ0) is 28.1. The van der Waals surface area contributed by atoms with Crippen LogP contribution in [0.2, 0.25) is 5.02 Å². The topological polar surface area (TPSA) is 122 Å². The Kier molecular flexibility index (Phi) is 7.40. The molecule has 4 heterocycles. The van der Waals surface area contributed by atoms with Crippen LogP contribution >= 0.6 is 22.9 Å². The third kappa shape index (κ3) is 5.02. The molecule has 0 unspecified atom stereocenters. The highest BCUT2D eigenvalue weighted by Gasteiger charge is 2.49. The molecule has 0 bridgehead atoms. The summed E-state index contributed by atoms with van der Waals surface area (Å²) in [6.07, 6.45) is 1.61. The van der Waals surface area contributed by atoms with Gasteiger partial charge < -0.3 is 25.3 Å². The molecule has 208 valence electrons. The summed E-state index contributed by atoms with van der Waals surface area (Å²) in [6, 6.07) is 2.41. The number of aliphatic carboxylic acids is 1. The lowest BCUT2D eigenvalue weighted by Crippen LogP contribution is -2.61. The Hall–Kier alpha value is -3.06. The van der Waals surface area contributed by atoms with Gasteiger partial charge in [-0.25, -0.2) is 19.0 Å². The summed E-state index contributed by atoms with van der Waals surface area (Å²) in [4.78, 5) is 40.3. The molecule has 2 fully saturated rings. The highest BCUT2D eigenvalue weighted by Crippen LogP contribution is 2.38. The summed E-state index contributed by atoms with van der Waals surface area (Å²) < 4.78 is 14.4. The van der Waals surface area contributed by atoms with E-state index in [-0.39, 0.29) is 46.9 Å². The van der Waals surface area contributed by atoms with Crippen LogP contribution in [0.15, 0.2) is 46.0 Å².